The lowest BCUT2D eigenvalue weighted by molar-refractivity contribution is -0.0384. The van der Waals surface area contributed by atoms with Gasteiger partial charge in [-0.3, -0.25) is 0 Å². The molecule has 188 valence electrons. The van der Waals surface area contributed by atoms with Gasteiger partial charge in [-0.25, -0.2) is 26.3 Å². The molecule has 6 heteroatoms. The van der Waals surface area contributed by atoms with Crippen LogP contribution in [0.2, 0.25) is 0 Å². The van der Waals surface area contributed by atoms with Gasteiger partial charge in [0.1, 0.15) is 11.6 Å². The fourth-order valence-electron chi connectivity index (χ4n) is 4.35. The Morgan fingerprint density at radius 3 is 2.20 bits per heavy atom. The molecule has 0 bridgehead atoms. The first-order chi connectivity index (χ1) is 16.7. The molecule has 0 N–H and O–H groups in total. The Labute approximate surface area is 203 Å². The fraction of sp³-hybridized carbons (Fsp3) is 0.448. The monoisotopic (exact) mass is 492 g/mol. The summed E-state index contributed by atoms with van der Waals surface area (Å²) in [6, 6.07) is 4.75. The van der Waals surface area contributed by atoms with Crippen molar-refractivity contribution >= 4 is 6.08 Å². The lowest BCUT2D eigenvalue weighted by Gasteiger charge is -2.28. The molecule has 0 heterocycles. The van der Waals surface area contributed by atoms with Crippen LogP contribution in [0.3, 0.4) is 0 Å². The number of benzene rings is 2. The van der Waals surface area contributed by atoms with E-state index in [9.17, 15) is 26.3 Å². The molecule has 0 nitrogen and oxygen atoms in total. The topological polar surface area (TPSA) is 0 Å². The van der Waals surface area contributed by atoms with Crippen molar-refractivity contribution in [2.45, 2.75) is 83.0 Å². The van der Waals surface area contributed by atoms with Gasteiger partial charge < -0.3 is 0 Å². The van der Waals surface area contributed by atoms with Crippen molar-refractivity contribution in [1.29, 1.82) is 0 Å². The van der Waals surface area contributed by atoms with E-state index < -0.39 is 35.1 Å². The Morgan fingerprint density at radius 1 is 0.886 bits per heavy atom. The molecule has 0 saturated heterocycles. The molecule has 0 unspecified atom stereocenters. The molecule has 1 aliphatic carbocycles. The summed E-state index contributed by atoms with van der Waals surface area (Å²) < 4.78 is 84.8. The van der Waals surface area contributed by atoms with Crippen molar-refractivity contribution in [2.75, 3.05) is 0 Å². The number of halogens is 6. The highest BCUT2D eigenvalue weighted by atomic mass is 19.3. The third kappa shape index (κ3) is 7.40. The van der Waals surface area contributed by atoms with E-state index in [0.29, 0.717) is 0 Å². The normalized spacial score (nSPS) is 15.9. The summed E-state index contributed by atoms with van der Waals surface area (Å²) in [5.74, 6) is -2.20. The van der Waals surface area contributed by atoms with Crippen molar-refractivity contribution in [3.8, 4) is 11.8 Å². The maximum atomic E-state index is 14.6. The highest BCUT2D eigenvalue weighted by Crippen LogP contribution is 2.42. The van der Waals surface area contributed by atoms with Crippen LogP contribution >= 0.6 is 0 Å². The van der Waals surface area contributed by atoms with Gasteiger partial charge in [0.2, 0.25) is 5.92 Å². The molecule has 3 rings (SSSR count). The van der Waals surface area contributed by atoms with E-state index in [-0.39, 0.29) is 47.9 Å². The number of hydrogen-bond donors (Lipinski definition) is 0. The molecule has 35 heavy (non-hydrogen) atoms. The summed E-state index contributed by atoms with van der Waals surface area (Å²) in [7, 11) is 0. The lowest BCUT2D eigenvalue weighted by Crippen LogP contribution is -2.24. The van der Waals surface area contributed by atoms with Gasteiger partial charge in [-0.1, -0.05) is 62.7 Å². The summed E-state index contributed by atoms with van der Waals surface area (Å²) >= 11 is 0. The highest BCUT2D eigenvalue weighted by Gasteiger charge is 2.36. The number of unbranched alkanes of at least 4 members (excludes halogenated alkanes) is 5. The van der Waals surface area contributed by atoms with E-state index in [4.69, 9.17) is 0 Å². The first-order valence-electron chi connectivity index (χ1n) is 12.2. The van der Waals surface area contributed by atoms with Gasteiger partial charge in [0.05, 0.1) is 5.56 Å². The van der Waals surface area contributed by atoms with Crippen LogP contribution in [-0.4, -0.2) is 5.92 Å². The molecular formula is C29H30F6. The predicted molar refractivity (Wildman–Crippen MR) is 127 cm³/mol. The molecule has 1 fully saturated rings. The van der Waals surface area contributed by atoms with Gasteiger partial charge in [0.25, 0.3) is 0 Å². The molecule has 2 aromatic rings. The Kier molecular flexibility index (Phi) is 9.48. The highest BCUT2D eigenvalue weighted by molar-refractivity contribution is 5.54. The molecular weight excluding hydrogens is 462 g/mol. The summed E-state index contributed by atoms with van der Waals surface area (Å²) in [5, 5.41) is 0. The van der Waals surface area contributed by atoms with Gasteiger partial charge >= 0.3 is 0 Å². The van der Waals surface area contributed by atoms with Crippen LogP contribution in [0.4, 0.5) is 26.3 Å². The van der Waals surface area contributed by atoms with Crippen LogP contribution in [0.15, 0.2) is 30.3 Å². The first-order valence-corrected chi connectivity index (χ1v) is 12.2. The Hall–Kier alpha value is -2.68. The van der Waals surface area contributed by atoms with Crippen molar-refractivity contribution in [2.24, 2.45) is 0 Å². The van der Waals surface area contributed by atoms with Crippen molar-refractivity contribution in [3.05, 3.63) is 75.9 Å². The third-order valence-electron chi connectivity index (χ3n) is 6.45. The van der Waals surface area contributed by atoms with Crippen LogP contribution < -0.4 is 0 Å². The molecule has 0 aliphatic heterocycles. The lowest BCUT2D eigenvalue weighted by atomic mass is 9.82. The minimum atomic E-state index is -2.76. The van der Waals surface area contributed by atoms with E-state index in [0.717, 1.165) is 44.2 Å². The molecule has 1 saturated carbocycles. The minimum absolute atomic E-state index is 0.00453. The quantitative estimate of drug-likeness (QED) is 0.196. The first kappa shape index (κ1) is 26.9. The Balaban J connectivity index is 1.69. The zero-order valence-electron chi connectivity index (χ0n) is 19.9. The van der Waals surface area contributed by atoms with E-state index in [1.807, 2.05) is 0 Å². The number of rotatable bonds is 8. The molecule has 1 aliphatic rings. The van der Waals surface area contributed by atoms with Crippen molar-refractivity contribution in [1.82, 2.24) is 0 Å². The second-order valence-corrected chi connectivity index (χ2v) is 9.17. The number of hydrogen-bond acceptors (Lipinski definition) is 0. The predicted octanol–water partition coefficient (Wildman–Crippen LogP) is 9.31. The molecule has 2 aromatic carbocycles. The van der Waals surface area contributed by atoms with Crippen LogP contribution in [0.1, 0.15) is 99.3 Å². The number of allylic oxidation sites excluding steroid dienone is 1. The maximum Gasteiger partial charge on any atom is 0.248 e. The van der Waals surface area contributed by atoms with E-state index in [1.54, 1.807) is 6.08 Å². The van der Waals surface area contributed by atoms with Crippen LogP contribution in [0.25, 0.3) is 6.08 Å². The minimum Gasteiger partial charge on any atom is -0.207 e. The van der Waals surface area contributed by atoms with Crippen molar-refractivity contribution in [3.63, 3.8) is 0 Å². The van der Waals surface area contributed by atoms with E-state index in [1.165, 1.54) is 24.6 Å². The van der Waals surface area contributed by atoms with Crippen LogP contribution in [0, 0.1) is 35.1 Å². The van der Waals surface area contributed by atoms with E-state index in [2.05, 4.69) is 18.8 Å². The molecule has 0 aromatic heterocycles. The summed E-state index contributed by atoms with van der Waals surface area (Å²) in [6.45, 7) is 2.13. The fourth-order valence-corrected chi connectivity index (χ4v) is 4.35. The van der Waals surface area contributed by atoms with Gasteiger partial charge in [0, 0.05) is 24.0 Å². The maximum absolute atomic E-state index is 14.6. The standard InChI is InChI=1S/C29H30F6/c1-2-3-4-5-6-7-8-9-24-25(30)18-20(19-26(24)31)10-11-22-12-13-23(28(33)27(22)32)21-14-16-29(34,35)17-15-21/h8-9,12-13,18-19,21H,2-7,14-17H2,1H3/b9-8+. The summed E-state index contributed by atoms with van der Waals surface area (Å²) in [6.07, 6.45) is 8.83. The van der Waals surface area contributed by atoms with Gasteiger partial charge in [-0.15, -0.1) is 0 Å². The summed E-state index contributed by atoms with van der Waals surface area (Å²) in [4.78, 5) is 0. The van der Waals surface area contributed by atoms with Gasteiger partial charge in [0.15, 0.2) is 11.6 Å². The van der Waals surface area contributed by atoms with Gasteiger partial charge in [-0.05, 0) is 55.4 Å². The molecule has 0 spiro atoms. The Morgan fingerprint density at radius 2 is 1.54 bits per heavy atom. The molecule has 0 atom stereocenters. The van der Waals surface area contributed by atoms with Crippen LogP contribution in [0.5, 0.6) is 0 Å². The van der Waals surface area contributed by atoms with Crippen molar-refractivity contribution < 1.29 is 26.3 Å². The SMILES string of the molecule is CCCCCCC/C=C/c1c(F)cc(C#Cc2ccc(C3CCC(F)(F)CC3)c(F)c2F)cc1F. The molecule has 0 amide bonds. The van der Waals surface area contributed by atoms with Gasteiger partial charge in [-0.2, -0.15) is 0 Å². The smallest absolute Gasteiger partial charge is 0.207 e. The zero-order valence-corrected chi connectivity index (χ0v) is 19.9. The average molecular weight is 493 g/mol. The second-order valence-electron chi connectivity index (χ2n) is 9.17. The zero-order chi connectivity index (χ0) is 25.4. The molecule has 0 radical (unpaired) electrons. The largest absolute Gasteiger partial charge is 0.248 e. The Bertz CT molecular complexity index is 1070. The average Bonchev–Trinajstić information content (AvgIpc) is 2.81. The third-order valence-corrected chi connectivity index (χ3v) is 6.45. The van der Waals surface area contributed by atoms with E-state index >= 15 is 0 Å². The number of alkyl halides is 2. The summed E-state index contributed by atoms with van der Waals surface area (Å²) in [5.41, 5.74) is -0.374. The second kappa shape index (κ2) is 12.3. The van der Waals surface area contributed by atoms with Crippen LogP contribution in [-0.2, 0) is 0 Å².